The van der Waals surface area contributed by atoms with E-state index in [2.05, 4.69) is 10.1 Å². The second-order valence-corrected chi connectivity index (χ2v) is 7.72. The van der Waals surface area contributed by atoms with E-state index in [1.54, 1.807) is 10.6 Å². The number of carbonyl (C=O) groups is 1. The molecule has 1 saturated carbocycles. The summed E-state index contributed by atoms with van der Waals surface area (Å²) < 4.78 is 21.6. The summed E-state index contributed by atoms with van der Waals surface area (Å²) in [5.74, 6) is -1.03. The van der Waals surface area contributed by atoms with E-state index in [0.717, 1.165) is 12.8 Å². The fourth-order valence-electron chi connectivity index (χ4n) is 4.05. The molecule has 2 fully saturated rings. The highest BCUT2D eigenvalue weighted by Crippen LogP contribution is 2.40. The quantitative estimate of drug-likeness (QED) is 0.545. The highest BCUT2D eigenvalue weighted by molar-refractivity contribution is 5.95. The lowest BCUT2D eigenvalue weighted by atomic mass is 10.1. The number of anilines is 2. The summed E-state index contributed by atoms with van der Waals surface area (Å²) in [5, 5.41) is 12.3. The minimum atomic E-state index is -1.60. The SMILES string of the molecule is CC1CN(c2cc3c(c(N)c2F)c(=O)c(OC(=O)O)cn3C2CC2)CC(C)N1. The first kappa shape index (κ1) is 18.5. The van der Waals surface area contributed by atoms with Gasteiger partial charge < -0.3 is 30.4 Å². The largest absolute Gasteiger partial charge is 0.511 e. The van der Waals surface area contributed by atoms with Gasteiger partial charge in [0.05, 0.1) is 28.5 Å². The third-order valence-electron chi connectivity index (χ3n) is 5.28. The molecule has 1 aliphatic heterocycles. The highest BCUT2D eigenvalue weighted by atomic mass is 19.1. The number of carboxylic acid groups (broad SMARTS) is 1. The van der Waals surface area contributed by atoms with Crippen LogP contribution >= 0.6 is 0 Å². The Morgan fingerprint density at radius 2 is 1.96 bits per heavy atom. The number of hydrogen-bond acceptors (Lipinski definition) is 6. The van der Waals surface area contributed by atoms with Crippen molar-refractivity contribution in [1.29, 1.82) is 0 Å². The number of nitrogens with two attached hydrogens (primary N) is 1. The predicted molar refractivity (Wildman–Crippen MR) is 104 cm³/mol. The minimum Gasteiger partial charge on any atom is -0.449 e. The van der Waals surface area contributed by atoms with E-state index in [1.807, 2.05) is 18.7 Å². The molecule has 4 rings (SSSR count). The lowest BCUT2D eigenvalue weighted by molar-refractivity contribution is 0.143. The molecule has 2 aliphatic rings. The van der Waals surface area contributed by atoms with Gasteiger partial charge >= 0.3 is 6.16 Å². The molecule has 1 aliphatic carbocycles. The maximum absolute atomic E-state index is 15.2. The van der Waals surface area contributed by atoms with Crippen molar-refractivity contribution in [3.8, 4) is 5.75 Å². The fraction of sp³-hybridized carbons (Fsp3) is 0.474. The standard InChI is InChI=1S/C19H23FN4O4/c1-9-6-23(7-10(2)22-9)13-5-12-15(17(21)16(13)20)18(25)14(28-19(26)27)8-24(12)11-3-4-11/h5,8-11,22H,3-4,6-7,21H2,1-2H3,(H,26,27). The number of nitrogens with zero attached hydrogens (tertiary/aromatic N) is 2. The Morgan fingerprint density at radius 3 is 2.54 bits per heavy atom. The van der Waals surface area contributed by atoms with Gasteiger partial charge in [0.1, 0.15) is 0 Å². The first-order chi connectivity index (χ1) is 13.3. The number of nitrogen functional groups attached to an aromatic ring is 1. The second-order valence-electron chi connectivity index (χ2n) is 7.72. The Balaban J connectivity index is 1.93. The average molecular weight is 390 g/mol. The van der Waals surface area contributed by atoms with Crippen molar-refractivity contribution in [2.75, 3.05) is 23.7 Å². The maximum Gasteiger partial charge on any atom is 0.511 e. The van der Waals surface area contributed by atoms with Gasteiger partial charge in [0.25, 0.3) is 0 Å². The van der Waals surface area contributed by atoms with Crippen LogP contribution < -0.4 is 26.1 Å². The number of ether oxygens (including phenoxy) is 1. The first-order valence-electron chi connectivity index (χ1n) is 9.34. The first-order valence-corrected chi connectivity index (χ1v) is 9.34. The molecule has 1 aromatic heterocycles. The van der Waals surface area contributed by atoms with Crippen molar-refractivity contribution in [1.82, 2.24) is 9.88 Å². The van der Waals surface area contributed by atoms with Gasteiger partial charge in [-0.2, -0.15) is 0 Å². The normalized spacial score (nSPS) is 22.5. The monoisotopic (exact) mass is 390 g/mol. The van der Waals surface area contributed by atoms with Gasteiger partial charge in [-0.3, -0.25) is 4.79 Å². The summed E-state index contributed by atoms with van der Waals surface area (Å²) >= 11 is 0. The lowest BCUT2D eigenvalue weighted by Gasteiger charge is -2.38. The van der Waals surface area contributed by atoms with Crippen LogP contribution in [-0.4, -0.2) is 41.0 Å². The van der Waals surface area contributed by atoms with E-state index in [1.165, 1.54) is 6.20 Å². The molecule has 8 nitrogen and oxygen atoms in total. The van der Waals surface area contributed by atoms with Crippen LogP contribution in [0.4, 0.5) is 20.6 Å². The van der Waals surface area contributed by atoms with Gasteiger partial charge in [-0.1, -0.05) is 0 Å². The molecule has 0 amide bonds. The molecule has 4 N–H and O–H groups in total. The van der Waals surface area contributed by atoms with Gasteiger partial charge in [-0.15, -0.1) is 0 Å². The molecule has 1 aromatic carbocycles. The van der Waals surface area contributed by atoms with Crippen LogP contribution in [0.2, 0.25) is 0 Å². The Labute approximate surface area is 160 Å². The molecular formula is C19H23FN4O4. The van der Waals surface area contributed by atoms with Crippen LogP contribution in [-0.2, 0) is 0 Å². The average Bonchev–Trinajstić information content (AvgIpc) is 3.43. The maximum atomic E-state index is 15.2. The van der Waals surface area contributed by atoms with Gasteiger partial charge in [0.2, 0.25) is 5.43 Å². The molecule has 1 saturated heterocycles. The van der Waals surface area contributed by atoms with Crippen LogP contribution in [0.3, 0.4) is 0 Å². The van der Waals surface area contributed by atoms with Crippen molar-refractivity contribution < 1.29 is 19.0 Å². The van der Waals surface area contributed by atoms with Crippen LogP contribution in [0.15, 0.2) is 17.1 Å². The summed E-state index contributed by atoms with van der Waals surface area (Å²) in [7, 11) is 0. The van der Waals surface area contributed by atoms with Crippen molar-refractivity contribution in [3.63, 3.8) is 0 Å². The van der Waals surface area contributed by atoms with Gasteiger partial charge in [-0.05, 0) is 32.8 Å². The van der Waals surface area contributed by atoms with Gasteiger partial charge in [0, 0.05) is 31.2 Å². The smallest absolute Gasteiger partial charge is 0.449 e. The second kappa shape index (κ2) is 6.66. The van der Waals surface area contributed by atoms with E-state index in [9.17, 15) is 9.59 Å². The number of pyridine rings is 1. The van der Waals surface area contributed by atoms with E-state index >= 15 is 4.39 Å². The van der Waals surface area contributed by atoms with Crippen molar-refractivity contribution in [3.05, 3.63) is 28.3 Å². The molecule has 150 valence electrons. The summed E-state index contributed by atoms with van der Waals surface area (Å²) in [4.78, 5) is 25.6. The molecule has 28 heavy (non-hydrogen) atoms. The van der Waals surface area contributed by atoms with Crippen molar-refractivity contribution in [2.24, 2.45) is 0 Å². The molecule has 0 radical (unpaired) electrons. The molecule has 0 spiro atoms. The molecule has 2 aromatic rings. The van der Waals surface area contributed by atoms with E-state index in [4.69, 9.17) is 10.8 Å². The van der Waals surface area contributed by atoms with E-state index in [0.29, 0.717) is 24.3 Å². The zero-order chi connectivity index (χ0) is 20.2. The zero-order valence-electron chi connectivity index (χ0n) is 15.7. The summed E-state index contributed by atoms with van der Waals surface area (Å²) in [6, 6.07) is 2.11. The van der Waals surface area contributed by atoms with Crippen molar-refractivity contribution in [2.45, 2.75) is 44.8 Å². The molecular weight excluding hydrogens is 367 g/mol. The molecule has 2 heterocycles. The number of halogens is 1. The van der Waals surface area contributed by atoms with Crippen LogP contribution in [0.25, 0.3) is 10.9 Å². The number of nitrogens with one attached hydrogen (secondary N) is 1. The number of benzene rings is 1. The molecule has 2 atom stereocenters. The Kier molecular flexibility index (Phi) is 4.41. The third-order valence-corrected chi connectivity index (χ3v) is 5.28. The number of hydrogen-bond donors (Lipinski definition) is 3. The molecule has 0 bridgehead atoms. The van der Waals surface area contributed by atoms with Gasteiger partial charge in [-0.25, -0.2) is 9.18 Å². The fourth-order valence-corrected chi connectivity index (χ4v) is 4.05. The Bertz CT molecular complexity index is 1010. The molecule has 2 unspecified atom stereocenters. The number of fused-ring (bicyclic) bond motifs is 1. The Morgan fingerprint density at radius 1 is 1.32 bits per heavy atom. The van der Waals surface area contributed by atoms with Crippen LogP contribution in [0.1, 0.15) is 32.7 Å². The minimum absolute atomic E-state index is 0.0388. The van der Waals surface area contributed by atoms with E-state index in [-0.39, 0.29) is 34.9 Å². The number of piperazine rings is 1. The number of aromatic nitrogens is 1. The predicted octanol–water partition coefficient (Wildman–Crippen LogP) is 2.30. The summed E-state index contributed by atoms with van der Waals surface area (Å²) in [5.41, 5.74) is 5.90. The van der Waals surface area contributed by atoms with Gasteiger partial charge in [0.15, 0.2) is 11.6 Å². The number of rotatable bonds is 3. The van der Waals surface area contributed by atoms with Crippen molar-refractivity contribution >= 4 is 28.4 Å². The summed E-state index contributed by atoms with van der Waals surface area (Å²) in [6.45, 7) is 5.28. The zero-order valence-corrected chi connectivity index (χ0v) is 15.7. The third kappa shape index (κ3) is 3.15. The topological polar surface area (TPSA) is 110 Å². The van der Waals surface area contributed by atoms with Crippen LogP contribution in [0.5, 0.6) is 5.75 Å². The lowest BCUT2D eigenvalue weighted by Crippen LogP contribution is -2.54. The van der Waals surface area contributed by atoms with E-state index < -0.39 is 17.4 Å². The Hall–Kier alpha value is -2.81. The highest BCUT2D eigenvalue weighted by Gasteiger charge is 2.30. The summed E-state index contributed by atoms with van der Waals surface area (Å²) in [6.07, 6.45) is 1.57. The molecule has 9 heteroatoms. The van der Waals surface area contributed by atoms with Crippen LogP contribution in [0, 0.1) is 5.82 Å².